The Morgan fingerprint density at radius 1 is 1.04 bits per heavy atom. The van der Waals surface area contributed by atoms with E-state index in [9.17, 15) is 14.4 Å². The van der Waals surface area contributed by atoms with Gasteiger partial charge in [-0.3, -0.25) is 14.4 Å². The molecule has 0 aromatic heterocycles. The first kappa shape index (κ1) is 20.9. The highest BCUT2D eigenvalue weighted by Crippen LogP contribution is 2.22. The van der Waals surface area contributed by atoms with Gasteiger partial charge in [-0.05, 0) is 37.1 Å². The zero-order valence-corrected chi connectivity index (χ0v) is 17.0. The van der Waals surface area contributed by atoms with E-state index < -0.39 is 5.41 Å². The van der Waals surface area contributed by atoms with E-state index in [0.29, 0.717) is 17.9 Å². The number of nitrogens with zero attached hydrogens (tertiary/aromatic N) is 1. The van der Waals surface area contributed by atoms with Crippen LogP contribution in [-0.2, 0) is 14.4 Å². The topological polar surface area (TPSA) is 78.5 Å². The SMILES string of the molecule is CC(C)C(=O)N1CCCC(C(=O)Nc2ccc(NC(=O)C(C)(C)C)cc2)C1. The zero-order valence-electron chi connectivity index (χ0n) is 17.0. The van der Waals surface area contributed by atoms with Crippen LogP contribution in [0, 0.1) is 17.3 Å². The van der Waals surface area contributed by atoms with Crippen molar-refractivity contribution in [3.8, 4) is 0 Å². The summed E-state index contributed by atoms with van der Waals surface area (Å²) in [5, 5.41) is 5.78. The smallest absolute Gasteiger partial charge is 0.229 e. The Bertz CT molecular complexity index is 690. The second-order valence-corrected chi connectivity index (χ2v) is 8.55. The third kappa shape index (κ3) is 5.81. The van der Waals surface area contributed by atoms with Crippen molar-refractivity contribution in [3.05, 3.63) is 24.3 Å². The van der Waals surface area contributed by atoms with Crippen molar-refractivity contribution in [2.45, 2.75) is 47.5 Å². The van der Waals surface area contributed by atoms with E-state index in [1.165, 1.54) is 0 Å². The Hall–Kier alpha value is -2.37. The fraction of sp³-hybridized carbons (Fsp3) is 0.571. The van der Waals surface area contributed by atoms with E-state index in [1.807, 2.05) is 34.6 Å². The number of hydrogen-bond acceptors (Lipinski definition) is 3. The average molecular weight is 373 g/mol. The largest absolute Gasteiger partial charge is 0.342 e. The molecular weight excluding hydrogens is 342 g/mol. The first-order chi connectivity index (χ1) is 12.6. The lowest BCUT2D eigenvalue weighted by Crippen LogP contribution is -2.45. The van der Waals surface area contributed by atoms with Crippen LogP contribution < -0.4 is 10.6 Å². The summed E-state index contributed by atoms with van der Waals surface area (Å²) in [6.07, 6.45) is 1.63. The van der Waals surface area contributed by atoms with E-state index >= 15 is 0 Å². The number of likely N-dealkylation sites (tertiary alicyclic amines) is 1. The molecule has 0 radical (unpaired) electrons. The van der Waals surface area contributed by atoms with Gasteiger partial charge in [0.1, 0.15) is 0 Å². The van der Waals surface area contributed by atoms with E-state index in [0.717, 1.165) is 19.4 Å². The lowest BCUT2D eigenvalue weighted by molar-refractivity contribution is -0.137. The number of carbonyl (C=O) groups excluding carboxylic acids is 3. The van der Waals surface area contributed by atoms with Gasteiger partial charge in [-0.25, -0.2) is 0 Å². The lowest BCUT2D eigenvalue weighted by Gasteiger charge is -2.33. The molecule has 1 aromatic rings. The van der Waals surface area contributed by atoms with Gasteiger partial charge in [-0.15, -0.1) is 0 Å². The molecule has 1 unspecified atom stereocenters. The molecule has 3 amide bonds. The number of amides is 3. The van der Waals surface area contributed by atoms with Crippen LogP contribution in [0.4, 0.5) is 11.4 Å². The summed E-state index contributed by atoms with van der Waals surface area (Å²) in [5.74, 6) is -0.269. The molecule has 1 fully saturated rings. The summed E-state index contributed by atoms with van der Waals surface area (Å²) in [5.41, 5.74) is 0.910. The number of nitrogens with one attached hydrogen (secondary N) is 2. The van der Waals surface area contributed by atoms with Crippen molar-refractivity contribution < 1.29 is 14.4 Å². The molecule has 1 aliphatic heterocycles. The predicted octanol–water partition coefficient (Wildman–Crippen LogP) is 3.50. The third-order valence-electron chi connectivity index (χ3n) is 4.69. The Kier molecular flexibility index (Phi) is 6.63. The van der Waals surface area contributed by atoms with Gasteiger partial charge in [-0.1, -0.05) is 34.6 Å². The minimum atomic E-state index is -0.465. The van der Waals surface area contributed by atoms with Crippen LogP contribution in [0.5, 0.6) is 0 Å². The van der Waals surface area contributed by atoms with E-state index in [2.05, 4.69) is 10.6 Å². The quantitative estimate of drug-likeness (QED) is 0.848. The van der Waals surface area contributed by atoms with Crippen molar-refractivity contribution in [3.63, 3.8) is 0 Å². The van der Waals surface area contributed by atoms with Gasteiger partial charge < -0.3 is 15.5 Å². The maximum atomic E-state index is 12.6. The van der Waals surface area contributed by atoms with Crippen LogP contribution in [0.1, 0.15) is 47.5 Å². The number of benzene rings is 1. The molecule has 6 heteroatoms. The summed E-state index contributed by atoms with van der Waals surface area (Å²) in [4.78, 5) is 38.6. The molecular formula is C21H31N3O3. The number of rotatable bonds is 4. The van der Waals surface area contributed by atoms with Gasteiger partial charge >= 0.3 is 0 Å². The fourth-order valence-corrected chi connectivity index (χ4v) is 2.96. The van der Waals surface area contributed by atoms with Crippen LogP contribution in [0.2, 0.25) is 0 Å². The first-order valence-corrected chi connectivity index (χ1v) is 9.59. The molecule has 1 heterocycles. The molecule has 2 rings (SSSR count). The summed E-state index contributed by atoms with van der Waals surface area (Å²) in [6, 6.07) is 7.09. The maximum Gasteiger partial charge on any atom is 0.229 e. The number of piperidine rings is 1. The lowest BCUT2D eigenvalue weighted by atomic mass is 9.95. The van der Waals surface area contributed by atoms with Crippen molar-refractivity contribution in [1.29, 1.82) is 0 Å². The van der Waals surface area contributed by atoms with Crippen LogP contribution >= 0.6 is 0 Å². The van der Waals surface area contributed by atoms with E-state index in [1.54, 1.807) is 29.2 Å². The normalized spacial score (nSPS) is 17.6. The fourth-order valence-electron chi connectivity index (χ4n) is 2.96. The molecule has 0 spiro atoms. The highest BCUT2D eigenvalue weighted by Gasteiger charge is 2.29. The van der Waals surface area contributed by atoms with Crippen LogP contribution in [0.25, 0.3) is 0 Å². The van der Waals surface area contributed by atoms with Crippen LogP contribution in [0.3, 0.4) is 0 Å². The van der Waals surface area contributed by atoms with Crippen molar-refractivity contribution in [2.75, 3.05) is 23.7 Å². The average Bonchev–Trinajstić information content (AvgIpc) is 2.61. The third-order valence-corrected chi connectivity index (χ3v) is 4.69. The summed E-state index contributed by atoms with van der Waals surface area (Å²) >= 11 is 0. The molecule has 2 N–H and O–H groups in total. The molecule has 1 aliphatic rings. The maximum absolute atomic E-state index is 12.6. The Morgan fingerprint density at radius 2 is 1.59 bits per heavy atom. The van der Waals surface area contributed by atoms with Crippen molar-refractivity contribution in [2.24, 2.45) is 17.3 Å². The Balaban J connectivity index is 1.93. The molecule has 1 atom stereocenters. The van der Waals surface area contributed by atoms with Gasteiger partial charge in [0.2, 0.25) is 17.7 Å². The van der Waals surface area contributed by atoms with Crippen LogP contribution in [-0.4, -0.2) is 35.7 Å². The second-order valence-electron chi connectivity index (χ2n) is 8.55. The highest BCUT2D eigenvalue weighted by molar-refractivity contribution is 5.96. The van der Waals surface area contributed by atoms with Gasteiger partial charge in [0.25, 0.3) is 0 Å². The Morgan fingerprint density at radius 3 is 2.11 bits per heavy atom. The number of carbonyl (C=O) groups is 3. The highest BCUT2D eigenvalue weighted by atomic mass is 16.2. The Labute approximate surface area is 161 Å². The molecule has 148 valence electrons. The standard InChI is InChI=1S/C21H31N3O3/c1-14(2)19(26)24-12-6-7-15(13-24)18(25)22-16-8-10-17(11-9-16)23-20(27)21(3,4)5/h8-11,14-15H,6-7,12-13H2,1-5H3,(H,22,25)(H,23,27). The van der Waals surface area contributed by atoms with Gasteiger partial charge in [-0.2, -0.15) is 0 Å². The minimum Gasteiger partial charge on any atom is -0.342 e. The molecule has 0 bridgehead atoms. The predicted molar refractivity (Wildman–Crippen MR) is 107 cm³/mol. The molecule has 1 saturated heterocycles. The molecule has 0 saturated carbocycles. The molecule has 27 heavy (non-hydrogen) atoms. The number of hydrogen-bond donors (Lipinski definition) is 2. The van der Waals surface area contributed by atoms with Crippen LogP contribution in [0.15, 0.2) is 24.3 Å². The summed E-state index contributed by atoms with van der Waals surface area (Å²) < 4.78 is 0. The van der Waals surface area contributed by atoms with Crippen molar-refractivity contribution >= 4 is 29.1 Å². The van der Waals surface area contributed by atoms with Crippen molar-refractivity contribution in [1.82, 2.24) is 4.90 Å². The minimum absolute atomic E-state index is 0.0531. The van der Waals surface area contributed by atoms with E-state index in [4.69, 9.17) is 0 Å². The molecule has 1 aromatic carbocycles. The molecule has 6 nitrogen and oxygen atoms in total. The van der Waals surface area contributed by atoms with E-state index in [-0.39, 0.29) is 29.6 Å². The summed E-state index contributed by atoms with van der Waals surface area (Å²) in [7, 11) is 0. The van der Waals surface area contributed by atoms with Gasteiger partial charge in [0.05, 0.1) is 5.92 Å². The van der Waals surface area contributed by atoms with Gasteiger partial charge in [0.15, 0.2) is 0 Å². The zero-order chi connectivity index (χ0) is 20.2. The van der Waals surface area contributed by atoms with Gasteiger partial charge in [0, 0.05) is 35.8 Å². The number of anilines is 2. The first-order valence-electron chi connectivity index (χ1n) is 9.59. The second kappa shape index (κ2) is 8.55. The monoisotopic (exact) mass is 373 g/mol. The molecule has 0 aliphatic carbocycles. The summed E-state index contributed by atoms with van der Waals surface area (Å²) in [6.45, 7) is 10.5.